The van der Waals surface area contributed by atoms with Crippen LogP contribution < -0.4 is 0 Å². The van der Waals surface area contributed by atoms with Crippen molar-refractivity contribution in [3.8, 4) is 6.07 Å². The van der Waals surface area contributed by atoms with Crippen molar-refractivity contribution in [2.45, 2.75) is 19.3 Å². The van der Waals surface area contributed by atoms with E-state index in [1.807, 2.05) is 0 Å². The van der Waals surface area contributed by atoms with Crippen molar-refractivity contribution in [1.29, 1.82) is 5.26 Å². The Hall–Kier alpha value is -1.41. The highest BCUT2D eigenvalue weighted by Gasteiger charge is 2.23. The molecule has 0 radical (unpaired) electrons. The quantitative estimate of drug-likeness (QED) is 0.611. The van der Waals surface area contributed by atoms with Crippen molar-refractivity contribution in [3.05, 3.63) is 38.3 Å². The number of nitrogens with zero attached hydrogens (tertiary/aromatic N) is 2. The van der Waals surface area contributed by atoms with Crippen molar-refractivity contribution in [1.82, 2.24) is 0 Å². The zero-order chi connectivity index (χ0) is 11.6. The lowest BCUT2D eigenvalue weighted by molar-refractivity contribution is -0.385. The van der Waals surface area contributed by atoms with Gasteiger partial charge >= 0.3 is 0 Å². The molecule has 1 rings (SSSR count). The fraction of sp³-hybridized carbons (Fsp3) is 0.300. The minimum Gasteiger partial charge on any atom is -0.258 e. The first-order valence-electron chi connectivity index (χ1n) is 4.24. The fourth-order valence-corrected chi connectivity index (χ4v) is 1.50. The number of nitriles is 1. The van der Waals surface area contributed by atoms with Gasteiger partial charge in [-0.3, -0.25) is 10.1 Å². The summed E-state index contributed by atoms with van der Waals surface area (Å²) in [6.07, 6.45) is 0. The molecule has 0 fully saturated rings. The van der Waals surface area contributed by atoms with Crippen LogP contribution in [0.5, 0.6) is 0 Å². The van der Waals surface area contributed by atoms with E-state index in [-0.39, 0.29) is 5.69 Å². The van der Waals surface area contributed by atoms with E-state index in [0.717, 1.165) is 0 Å². The molecule has 0 atom stereocenters. The van der Waals surface area contributed by atoms with Crippen molar-refractivity contribution in [2.75, 3.05) is 0 Å². The van der Waals surface area contributed by atoms with Crippen LogP contribution in [0.4, 0.5) is 5.69 Å². The van der Waals surface area contributed by atoms with Crippen LogP contribution in [0, 0.1) is 21.4 Å². The van der Waals surface area contributed by atoms with Gasteiger partial charge in [-0.25, -0.2) is 0 Å². The summed E-state index contributed by atoms with van der Waals surface area (Å²) in [5, 5.41) is 19.6. The Kier molecular flexibility index (Phi) is 3.10. The second-order valence-corrected chi connectivity index (χ2v) is 4.51. The first-order chi connectivity index (χ1) is 6.88. The minimum absolute atomic E-state index is 0.0178. The van der Waals surface area contributed by atoms with Crippen LogP contribution >= 0.6 is 15.9 Å². The number of halogens is 1. The van der Waals surface area contributed by atoms with E-state index in [1.54, 1.807) is 26.0 Å². The molecule has 1 aromatic carbocycles. The second-order valence-electron chi connectivity index (χ2n) is 3.66. The van der Waals surface area contributed by atoms with Crippen LogP contribution in [0.25, 0.3) is 0 Å². The molecule has 0 spiro atoms. The Balaban J connectivity index is 3.33. The summed E-state index contributed by atoms with van der Waals surface area (Å²) in [4.78, 5) is 10.2. The zero-order valence-electron chi connectivity index (χ0n) is 8.32. The third-order valence-electron chi connectivity index (χ3n) is 2.14. The lowest BCUT2D eigenvalue weighted by atomic mass is 9.86. The molecular formula is C10H9BrN2O2. The molecule has 78 valence electrons. The molecule has 0 saturated heterocycles. The van der Waals surface area contributed by atoms with Gasteiger partial charge < -0.3 is 0 Å². The Morgan fingerprint density at radius 2 is 2.13 bits per heavy atom. The maximum atomic E-state index is 10.7. The van der Waals surface area contributed by atoms with E-state index < -0.39 is 10.3 Å². The Morgan fingerprint density at radius 1 is 1.53 bits per heavy atom. The van der Waals surface area contributed by atoms with Crippen LogP contribution in [0.2, 0.25) is 0 Å². The fourth-order valence-electron chi connectivity index (χ4n) is 1.11. The van der Waals surface area contributed by atoms with Crippen molar-refractivity contribution in [3.63, 3.8) is 0 Å². The lowest BCUT2D eigenvalue weighted by Crippen LogP contribution is -2.13. The van der Waals surface area contributed by atoms with Crippen LogP contribution in [0.1, 0.15) is 19.4 Å². The van der Waals surface area contributed by atoms with Gasteiger partial charge in [0.05, 0.1) is 20.9 Å². The van der Waals surface area contributed by atoms with E-state index in [2.05, 4.69) is 22.0 Å². The molecule has 4 nitrogen and oxygen atoms in total. The van der Waals surface area contributed by atoms with Crippen LogP contribution in [0.15, 0.2) is 22.7 Å². The maximum absolute atomic E-state index is 10.7. The molecule has 1 aromatic rings. The predicted octanol–water partition coefficient (Wildman–Crippen LogP) is 3.16. The summed E-state index contributed by atoms with van der Waals surface area (Å²) in [7, 11) is 0. The molecule has 0 saturated carbocycles. The van der Waals surface area contributed by atoms with Crippen LogP contribution in [0.3, 0.4) is 0 Å². The molecule has 0 bridgehead atoms. The third kappa shape index (κ3) is 2.34. The highest BCUT2D eigenvalue weighted by Crippen LogP contribution is 2.31. The third-order valence-corrected chi connectivity index (χ3v) is 2.81. The zero-order valence-corrected chi connectivity index (χ0v) is 9.91. The van der Waals surface area contributed by atoms with Gasteiger partial charge in [-0.2, -0.15) is 5.26 Å². The summed E-state index contributed by atoms with van der Waals surface area (Å²) in [5.74, 6) is 0. The molecule has 0 aliphatic heterocycles. The van der Waals surface area contributed by atoms with E-state index in [4.69, 9.17) is 5.26 Å². The molecule has 15 heavy (non-hydrogen) atoms. The van der Waals surface area contributed by atoms with Gasteiger partial charge in [0.15, 0.2) is 0 Å². The number of rotatable bonds is 2. The van der Waals surface area contributed by atoms with Crippen molar-refractivity contribution < 1.29 is 4.92 Å². The van der Waals surface area contributed by atoms with Gasteiger partial charge in [-0.1, -0.05) is 6.07 Å². The lowest BCUT2D eigenvalue weighted by Gasteiger charge is -2.15. The summed E-state index contributed by atoms with van der Waals surface area (Å²) < 4.78 is 0.421. The summed E-state index contributed by atoms with van der Waals surface area (Å²) >= 11 is 3.10. The van der Waals surface area contributed by atoms with Gasteiger partial charge in [0, 0.05) is 6.07 Å². The average molecular weight is 269 g/mol. The molecule has 0 amide bonds. The van der Waals surface area contributed by atoms with Gasteiger partial charge in [0.25, 0.3) is 5.69 Å². The van der Waals surface area contributed by atoms with E-state index >= 15 is 0 Å². The van der Waals surface area contributed by atoms with Gasteiger partial charge in [-0.05, 0) is 41.4 Å². The molecule has 0 N–H and O–H groups in total. The molecule has 0 aliphatic carbocycles. The van der Waals surface area contributed by atoms with E-state index in [1.165, 1.54) is 6.07 Å². The largest absolute Gasteiger partial charge is 0.283 e. The molecule has 0 aromatic heterocycles. The molecule has 5 heteroatoms. The van der Waals surface area contributed by atoms with Gasteiger partial charge in [0.2, 0.25) is 0 Å². The highest BCUT2D eigenvalue weighted by molar-refractivity contribution is 9.10. The highest BCUT2D eigenvalue weighted by atomic mass is 79.9. The number of nitro benzene ring substituents is 1. The monoisotopic (exact) mass is 268 g/mol. The normalized spacial score (nSPS) is 10.8. The number of nitro groups is 1. The minimum atomic E-state index is -0.717. The summed E-state index contributed by atoms with van der Waals surface area (Å²) in [6.45, 7) is 3.44. The number of benzene rings is 1. The first-order valence-corrected chi connectivity index (χ1v) is 5.03. The topological polar surface area (TPSA) is 66.9 Å². The summed E-state index contributed by atoms with van der Waals surface area (Å²) in [5.41, 5.74) is -0.0958. The predicted molar refractivity (Wildman–Crippen MR) is 59.4 cm³/mol. The van der Waals surface area contributed by atoms with Crippen molar-refractivity contribution in [2.24, 2.45) is 0 Å². The maximum Gasteiger partial charge on any atom is 0.283 e. The Morgan fingerprint density at radius 3 is 2.60 bits per heavy atom. The SMILES string of the molecule is CC(C)(C#N)c1ccc(Br)c([N+](=O)[O-])c1. The van der Waals surface area contributed by atoms with Crippen LogP contribution in [-0.4, -0.2) is 4.92 Å². The van der Waals surface area contributed by atoms with Gasteiger partial charge in [0.1, 0.15) is 0 Å². The molecular weight excluding hydrogens is 260 g/mol. The molecule has 0 heterocycles. The first kappa shape index (κ1) is 11.7. The van der Waals surface area contributed by atoms with E-state index in [9.17, 15) is 10.1 Å². The van der Waals surface area contributed by atoms with E-state index in [0.29, 0.717) is 10.0 Å². The smallest absolute Gasteiger partial charge is 0.258 e. The Labute approximate surface area is 95.8 Å². The molecule has 0 aliphatic rings. The van der Waals surface area contributed by atoms with Gasteiger partial charge in [-0.15, -0.1) is 0 Å². The van der Waals surface area contributed by atoms with Crippen molar-refractivity contribution >= 4 is 21.6 Å². The van der Waals surface area contributed by atoms with Crippen LogP contribution in [-0.2, 0) is 5.41 Å². The Bertz CT molecular complexity index is 449. The summed E-state index contributed by atoms with van der Waals surface area (Å²) in [6, 6.07) is 6.83. The number of hydrogen-bond acceptors (Lipinski definition) is 3. The standard InChI is InChI=1S/C10H9BrN2O2/c1-10(2,6-12)7-3-4-8(11)9(5-7)13(14)15/h3-5H,1-2H3. The second kappa shape index (κ2) is 3.99. The average Bonchev–Trinajstić information content (AvgIpc) is 2.17. The number of hydrogen-bond donors (Lipinski definition) is 0. The molecule has 0 unspecified atom stereocenters.